The summed E-state index contributed by atoms with van der Waals surface area (Å²) in [5.41, 5.74) is 7.75. The topological polar surface area (TPSA) is 77.0 Å². The molecule has 84 valence electrons. The SMILES string of the molecule is Cc1ccccc1C(C)Nc1nnc(N)o1. The molecule has 0 saturated heterocycles. The van der Waals surface area contributed by atoms with Gasteiger partial charge in [-0.2, -0.15) is 0 Å². The van der Waals surface area contributed by atoms with Crippen LogP contribution in [-0.2, 0) is 0 Å². The molecule has 3 N–H and O–H groups in total. The molecule has 16 heavy (non-hydrogen) atoms. The van der Waals surface area contributed by atoms with E-state index in [1.165, 1.54) is 11.1 Å². The van der Waals surface area contributed by atoms with Gasteiger partial charge in [-0.05, 0) is 25.0 Å². The van der Waals surface area contributed by atoms with E-state index in [1.807, 2.05) is 19.1 Å². The molecule has 1 atom stereocenters. The second kappa shape index (κ2) is 4.22. The minimum Gasteiger partial charge on any atom is -0.390 e. The van der Waals surface area contributed by atoms with Gasteiger partial charge < -0.3 is 15.5 Å². The minimum atomic E-state index is 0.0690. The molecule has 1 aromatic carbocycles. The molecule has 2 aromatic rings. The summed E-state index contributed by atoms with van der Waals surface area (Å²) in [6, 6.07) is 8.65. The van der Waals surface area contributed by atoms with E-state index >= 15 is 0 Å². The summed E-state index contributed by atoms with van der Waals surface area (Å²) >= 11 is 0. The fraction of sp³-hybridized carbons (Fsp3) is 0.273. The second-order valence-corrected chi connectivity index (χ2v) is 3.67. The van der Waals surface area contributed by atoms with E-state index in [0.717, 1.165) is 0 Å². The van der Waals surface area contributed by atoms with Gasteiger partial charge in [0.1, 0.15) is 0 Å². The van der Waals surface area contributed by atoms with Crippen molar-refractivity contribution in [2.45, 2.75) is 19.9 Å². The third-order valence-corrected chi connectivity index (χ3v) is 2.44. The zero-order valence-electron chi connectivity index (χ0n) is 9.27. The Morgan fingerprint density at radius 2 is 2.06 bits per heavy atom. The van der Waals surface area contributed by atoms with E-state index in [-0.39, 0.29) is 12.1 Å². The van der Waals surface area contributed by atoms with E-state index < -0.39 is 0 Å². The third-order valence-electron chi connectivity index (χ3n) is 2.44. The summed E-state index contributed by atoms with van der Waals surface area (Å²) in [6.07, 6.45) is 0. The van der Waals surface area contributed by atoms with Crippen LogP contribution < -0.4 is 11.1 Å². The molecule has 0 aliphatic rings. The molecule has 2 rings (SSSR count). The van der Waals surface area contributed by atoms with Crippen LogP contribution in [0.15, 0.2) is 28.7 Å². The van der Waals surface area contributed by atoms with Crippen LogP contribution in [0.2, 0.25) is 0 Å². The first-order valence-corrected chi connectivity index (χ1v) is 5.08. The molecule has 5 heteroatoms. The van der Waals surface area contributed by atoms with Crippen LogP contribution in [-0.4, -0.2) is 10.2 Å². The van der Waals surface area contributed by atoms with E-state index in [1.54, 1.807) is 0 Å². The van der Waals surface area contributed by atoms with Crippen LogP contribution in [0.4, 0.5) is 12.0 Å². The molecule has 0 radical (unpaired) electrons. The zero-order chi connectivity index (χ0) is 11.5. The van der Waals surface area contributed by atoms with E-state index in [9.17, 15) is 0 Å². The van der Waals surface area contributed by atoms with Gasteiger partial charge in [0.25, 0.3) is 0 Å². The van der Waals surface area contributed by atoms with Gasteiger partial charge in [-0.3, -0.25) is 0 Å². The van der Waals surface area contributed by atoms with Gasteiger partial charge in [0.15, 0.2) is 0 Å². The molecule has 0 saturated carbocycles. The van der Waals surface area contributed by atoms with Crippen LogP contribution in [0.25, 0.3) is 0 Å². The summed E-state index contributed by atoms with van der Waals surface area (Å²) in [7, 11) is 0. The van der Waals surface area contributed by atoms with Crippen molar-refractivity contribution in [2.75, 3.05) is 11.1 Å². The first kappa shape index (κ1) is 10.5. The second-order valence-electron chi connectivity index (χ2n) is 3.67. The van der Waals surface area contributed by atoms with Gasteiger partial charge in [0, 0.05) is 0 Å². The number of hydrogen-bond donors (Lipinski definition) is 2. The van der Waals surface area contributed by atoms with E-state index in [4.69, 9.17) is 10.2 Å². The average molecular weight is 218 g/mol. The van der Waals surface area contributed by atoms with Crippen molar-refractivity contribution in [3.8, 4) is 0 Å². The molecule has 0 spiro atoms. The maximum atomic E-state index is 5.34. The number of aromatic nitrogens is 2. The quantitative estimate of drug-likeness (QED) is 0.825. The van der Waals surface area contributed by atoms with Gasteiger partial charge in [0.2, 0.25) is 0 Å². The van der Waals surface area contributed by atoms with Crippen molar-refractivity contribution in [1.82, 2.24) is 10.2 Å². The average Bonchev–Trinajstić information content (AvgIpc) is 2.64. The molecule has 1 heterocycles. The van der Waals surface area contributed by atoms with E-state index in [0.29, 0.717) is 6.01 Å². The number of hydrogen-bond acceptors (Lipinski definition) is 5. The Labute approximate surface area is 93.7 Å². The van der Waals surface area contributed by atoms with Gasteiger partial charge in [-0.1, -0.05) is 34.5 Å². The first-order chi connectivity index (χ1) is 7.66. The van der Waals surface area contributed by atoms with Crippen LogP contribution in [0.3, 0.4) is 0 Å². The number of aryl methyl sites for hydroxylation is 1. The Morgan fingerprint density at radius 3 is 2.69 bits per heavy atom. The van der Waals surface area contributed by atoms with Crippen LogP contribution in [0.5, 0.6) is 0 Å². The lowest BCUT2D eigenvalue weighted by atomic mass is 10.0. The molecule has 0 aliphatic carbocycles. The normalized spacial score (nSPS) is 12.4. The molecular formula is C11H14N4O. The predicted molar refractivity (Wildman–Crippen MR) is 61.9 cm³/mol. The van der Waals surface area contributed by atoms with Crippen molar-refractivity contribution in [1.29, 1.82) is 0 Å². The lowest BCUT2D eigenvalue weighted by molar-refractivity contribution is 0.578. The predicted octanol–water partition coefficient (Wildman–Crippen LogP) is 2.13. The fourth-order valence-corrected chi connectivity index (χ4v) is 1.63. The molecule has 5 nitrogen and oxygen atoms in total. The Morgan fingerprint density at radius 1 is 1.31 bits per heavy atom. The summed E-state index contributed by atoms with van der Waals surface area (Å²) < 4.78 is 5.06. The summed E-state index contributed by atoms with van der Waals surface area (Å²) in [5.74, 6) is 0. The smallest absolute Gasteiger partial charge is 0.317 e. The summed E-state index contributed by atoms with van der Waals surface area (Å²) in [5, 5.41) is 10.4. The highest BCUT2D eigenvalue weighted by molar-refractivity contribution is 5.34. The maximum Gasteiger partial charge on any atom is 0.317 e. The van der Waals surface area contributed by atoms with Gasteiger partial charge >= 0.3 is 12.0 Å². The fourth-order valence-electron chi connectivity index (χ4n) is 1.63. The molecular weight excluding hydrogens is 204 g/mol. The Bertz CT molecular complexity index is 480. The van der Waals surface area contributed by atoms with Crippen LogP contribution in [0, 0.1) is 6.92 Å². The van der Waals surface area contributed by atoms with Gasteiger partial charge in [-0.25, -0.2) is 0 Å². The number of nitrogen functional groups attached to an aromatic ring is 1. The number of rotatable bonds is 3. The van der Waals surface area contributed by atoms with Gasteiger partial charge in [0.05, 0.1) is 6.04 Å². The third kappa shape index (κ3) is 2.13. The Hall–Kier alpha value is -2.04. The lowest BCUT2D eigenvalue weighted by Crippen LogP contribution is -2.08. The summed E-state index contributed by atoms with van der Waals surface area (Å²) in [4.78, 5) is 0. The molecule has 1 unspecified atom stereocenters. The molecule has 0 fully saturated rings. The van der Waals surface area contributed by atoms with Crippen LogP contribution in [0.1, 0.15) is 24.1 Å². The Balaban J connectivity index is 2.14. The molecule has 0 amide bonds. The number of nitrogens with two attached hydrogens (primary N) is 1. The Kier molecular flexibility index (Phi) is 2.76. The minimum absolute atomic E-state index is 0.0690. The van der Waals surface area contributed by atoms with Crippen molar-refractivity contribution < 1.29 is 4.42 Å². The lowest BCUT2D eigenvalue weighted by Gasteiger charge is -2.14. The van der Waals surface area contributed by atoms with Gasteiger partial charge in [-0.15, -0.1) is 0 Å². The highest BCUT2D eigenvalue weighted by Gasteiger charge is 2.10. The summed E-state index contributed by atoms with van der Waals surface area (Å²) in [6.45, 7) is 4.10. The monoisotopic (exact) mass is 218 g/mol. The van der Waals surface area contributed by atoms with Crippen molar-refractivity contribution in [2.24, 2.45) is 0 Å². The molecule has 1 aromatic heterocycles. The number of nitrogens with one attached hydrogen (secondary N) is 1. The van der Waals surface area contributed by atoms with Crippen molar-refractivity contribution in [3.63, 3.8) is 0 Å². The van der Waals surface area contributed by atoms with Crippen LogP contribution >= 0.6 is 0 Å². The highest BCUT2D eigenvalue weighted by Crippen LogP contribution is 2.21. The van der Waals surface area contributed by atoms with Crippen molar-refractivity contribution >= 4 is 12.0 Å². The van der Waals surface area contributed by atoms with Crippen molar-refractivity contribution in [3.05, 3.63) is 35.4 Å². The number of benzene rings is 1. The number of anilines is 2. The molecule has 0 aliphatic heterocycles. The number of nitrogens with zero attached hydrogens (tertiary/aromatic N) is 2. The molecule has 0 bridgehead atoms. The zero-order valence-corrected chi connectivity index (χ0v) is 9.27. The maximum absolute atomic E-state index is 5.34. The first-order valence-electron chi connectivity index (χ1n) is 5.08. The largest absolute Gasteiger partial charge is 0.390 e. The highest BCUT2D eigenvalue weighted by atomic mass is 16.4. The standard InChI is InChI=1S/C11H14N4O/c1-7-5-3-4-6-9(7)8(2)13-11-15-14-10(12)16-11/h3-6,8H,1-2H3,(H2,12,14)(H,13,15). The van der Waals surface area contributed by atoms with E-state index in [2.05, 4.69) is 34.6 Å².